The maximum absolute atomic E-state index is 12.0. The first kappa shape index (κ1) is 13.6. The molecule has 19 heavy (non-hydrogen) atoms. The second-order valence-electron chi connectivity index (χ2n) is 4.42. The van der Waals surface area contributed by atoms with E-state index in [9.17, 15) is 4.79 Å². The average Bonchev–Trinajstić information content (AvgIpc) is 2.78. The minimum Gasteiger partial charge on any atom is -0.465 e. The highest BCUT2D eigenvalue weighted by Gasteiger charge is 2.25. The van der Waals surface area contributed by atoms with Gasteiger partial charge < -0.3 is 9.30 Å². The number of aromatic nitrogens is 2. The number of hydrogen-bond donors (Lipinski definition) is 0. The van der Waals surface area contributed by atoms with Crippen molar-refractivity contribution < 1.29 is 9.53 Å². The Bertz CT molecular complexity index is 575. The first-order valence-electron chi connectivity index (χ1n) is 6.84. The summed E-state index contributed by atoms with van der Waals surface area (Å²) in [7, 11) is 0. The number of nitrogens with zero attached hydrogens (tertiary/aromatic N) is 2. The van der Waals surface area contributed by atoms with E-state index in [-0.39, 0.29) is 11.9 Å². The molecule has 102 valence electrons. The summed E-state index contributed by atoms with van der Waals surface area (Å²) in [6, 6.07) is 7.96. The van der Waals surface area contributed by atoms with Crippen molar-refractivity contribution in [2.45, 2.75) is 39.7 Å². The summed E-state index contributed by atoms with van der Waals surface area (Å²) in [5, 5.41) is 0. The van der Waals surface area contributed by atoms with Crippen LogP contribution < -0.4 is 0 Å². The van der Waals surface area contributed by atoms with Crippen LogP contribution in [-0.2, 0) is 16.1 Å². The van der Waals surface area contributed by atoms with E-state index in [0.717, 1.165) is 23.4 Å². The largest absolute Gasteiger partial charge is 0.465 e. The molecule has 4 heteroatoms. The van der Waals surface area contributed by atoms with E-state index in [0.29, 0.717) is 13.0 Å². The molecule has 1 heterocycles. The van der Waals surface area contributed by atoms with Gasteiger partial charge in [-0.15, -0.1) is 0 Å². The van der Waals surface area contributed by atoms with Crippen molar-refractivity contribution >= 4 is 17.0 Å². The van der Waals surface area contributed by atoms with Crippen molar-refractivity contribution in [3.8, 4) is 0 Å². The highest BCUT2D eigenvalue weighted by atomic mass is 16.5. The Hall–Kier alpha value is -1.84. The van der Waals surface area contributed by atoms with E-state index in [2.05, 4.69) is 16.5 Å². The minimum absolute atomic E-state index is 0.185. The van der Waals surface area contributed by atoms with Crippen LogP contribution in [0.2, 0.25) is 0 Å². The number of imidazole rings is 1. The van der Waals surface area contributed by atoms with E-state index in [4.69, 9.17) is 4.74 Å². The second kappa shape index (κ2) is 5.87. The summed E-state index contributed by atoms with van der Waals surface area (Å²) in [4.78, 5) is 16.7. The second-order valence-corrected chi connectivity index (χ2v) is 4.42. The van der Waals surface area contributed by atoms with Crippen LogP contribution in [0.1, 0.15) is 38.9 Å². The molecule has 0 aliphatic heterocycles. The van der Waals surface area contributed by atoms with Gasteiger partial charge >= 0.3 is 5.97 Å². The first-order chi connectivity index (χ1) is 9.22. The summed E-state index contributed by atoms with van der Waals surface area (Å²) in [6.45, 7) is 7.08. The minimum atomic E-state index is -0.285. The summed E-state index contributed by atoms with van der Waals surface area (Å²) >= 11 is 0. The number of esters is 1. The number of hydrogen-bond acceptors (Lipinski definition) is 3. The lowest BCUT2D eigenvalue weighted by Crippen LogP contribution is -2.19. The van der Waals surface area contributed by atoms with E-state index >= 15 is 0 Å². The van der Waals surface area contributed by atoms with Crippen molar-refractivity contribution in [3.05, 3.63) is 30.1 Å². The zero-order valence-corrected chi connectivity index (χ0v) is 11.7. The topological polar surface area (TPSA) is 44.1 Å². The molecular weight excluding hydrogens is 240 g/mol. The molecule has 0 amide bonds. The molecule has 1 aromatic heterocycles. The first-order valence-corrected chi connectivity index (χ1v) is 6.84. The Labute approximate surface area is 113 Å². The van der Waals surface area contributed by atoms with E-state index in [1.165, 1.54) is 0 Å². The third-order valence-corrected chi connectivity index (χ3v) is 3.29. The van der Waals surface area contributed by atoms with E-state index in [1.54, 1.807) is 0 Å². The molecule has 0 spiro atoms. The van der Waals surface area contributed by atoms with Crippen LogP contribution in [0.15, 0.2) is 24.3 Å². The van der Waals surface area contributed by atoms with E-state index < -0.39 is 0 Å². The Kier molecular flexibility index (Phi) is 4.20. The fourth-order valence-electron chi connectivity index (χ4n) is 2.39. The van der Waals surface area contributed by atoms with Crippen LogP contribution in [-0.4, -0.2) is 22.1 Å². The van der Waals surface area contributed by atoms with Gasteiger partial charge in [0, 0.05) is 6.54 Å². The summed E-state index contributed by atoms with van der Waals surface area (Å²) in [5.41, 5.74) is 2.00. The summed E-state index contributed by atoms with van der Waals surface area (Å²) < 4.78 is 7.25. The molecule has 0 N–H and O–H groups in total. The molecule has 0 saturated carbocycles. The number of para-hydroxylation sites is 2. The Morgan fingerprint density at radius 1 is 1.32 bits per heavy atom. The van der Waals surface area contributed by atoms with Gasteiger partial charge in [-0.05, 0) is 32.4 Å². The predicted octanol–water partition coefficient (Wildman–Crippen LogP) is 3.11. The maximum atomic E-state index is 12.0. The van der Waals surface area contributed by atoms with Gasteiger partial charge in [-0.1, -0.05) is 19.1 Å². The van der Waals surface area contributed by atoms with Crippen molar-refractivity contribution in [2.24, 2.45) is 0 Å². The molecule has 4 nitrogen and oxygen atoms in total. The lowest BCUT2D eigenvalue weighted by atomic mass is 10.1. The van der Waals surface area contributed by atoms with E-state index in [1.807, 2.05) is 38.1 Å². The van der Waals surface area contributed by atoms with Crippen LogP contribution in [0.3, 0.4) is 0 Å². The molecule has 0 fully saturated rings. The van der Waals surface area contributed by atoms with Crippen LogP contribution in [0.25, 0.3) is 11.0 Å². The fraction of sp³-hybridized carbons (Fsp3) is 0.467. The number of carbonyl (C=O) groups excluding carboxylic acids is 1. The van der Waals surface area contributed by atoms with Gasteiger partial charge in [-0.2, -0.15) is 0 Å². The van der Waals surface area contributed by atoms with Crippen molar-refractivity contribution in [3.63, 3.8) is 0 Å². The fourth-order valence-corrected chi connectivity index (χ4v) is 2.39. The van der Waals surface area contributed by atoms with Gasteiger partial charge in [0.15, 0.2) is 0 Å². The number of aryl methyl sites for hydroxylation is 1. The van der Waals surface area contributed by atoms with Gasteiger partial charge in [0.2, 0.25) is 0 Å². The number of ether oxygens (including phenoxy) is 1. The molecule has 0 saturated heterocycles. The lowest BCUT2D eigenvalue weighted by molar-refractivity contribution is -0.145. The predicted molar refractivity (Wildman–Crippen MR) is 75.1 cm³/mol. The monoisotopic (exact) mass is 260 g/mol. The van der Waals surface area contributed by atoms with Crippen LogP contribution in [0.5, 0.6) is 0 Å². The van der Waals surface area contributed by atoms with Crippen LogP contribution in [0, 0.1) is 0 Å². The van der Waals surface area contributed by atoms with Crippen LogP contribution in [0.4, 0.5) is 0 Å². The molecule has 0 aliphatic carbocycles. The molecule has 0 radical (unpaired) electrons. The Balaban J connectivity index is 2.50. The molecule has 1 unspecified atom stereocenters. The zero-order chi connectivity index (χ0) is 13.8. The van der Waals surface area contributed by atoms with Crippen LogP contribution >= 0.6 is 0 Å². The van der Waals surface area contributed by atoms with Crippen molar-refractivity contribution in [1.29, 1.82) is 0 Å². The zero-order valence-electron chi connectivity index (χ0n) is 11.7. The highest BCUT2D eigenvalue weighted by molar-refractivity contribution is 5.81. The number of rotatable bonds is 5. The maximum Gasteiger partial charge on any atom is 0.316 e. The molecular formula is C15H20N2O2. The van der Waals surface area contributed by atoms with Gasteiger partial charge in [0.1, 0.15) is 11.7 Å². The lowest BCUT2D eigenvalue weighted by Gasteiger charge is -2.14. The third kappa shape index (κ3) is 2.48. The van der Waals surface area contributed by atoms with Gasteiger partial charge in [0.25, 0.3) is 0 Å². The van der Waals surface area contributed by atoms with Gasteiger partial charge in [0.05, 0.1) is 17.6 Å². The molecule has 2 aromatic rings. The number of carbonyl (C=O) groups is 1. The summed E-state index contributed by atoms with van der Waals surface area (Å²) in [5.74, 6) is 0.340. The van der Waals surface area contributed by atoms with Crippen molar-refractivity contribution in [1.82, 2.24) is 9.55 Å². The number of fused-ring (bicyclic) bond motifs is 1. The van der Waals surface area contributed by atoms with Crippen molar-refractivity contribution in [2.75, 3.05) is 6.61 Å². The molecule has 0 bridgehead atoms. The van der Waals surface area contributed by atoms with Gasteiger partial charge in [-0.25, -0.2) is 4.98 Å². The normalized spacial score (nSPS) is 12.6. The average molecular weight is 260 g/mol. The smallest absolute Gasteiger partial charge is 0.316 e. The quantitative estimate of drug-likeness (QED) is 0.776. The van der Waals surface area contributed by atoms with Gasteiger partial charge in [-0.3, -0.25) is 4.79 Å². The Morgan fingerprint density at radius 3 is 2.68 bits per heavy atom. The number of benzene rings is 1. The Morgan fingerprint density at radius 2 is 2.05 bits per heavy atom. The molecule has 1 aromatic carbocycles. The molecule has 1 atom stereocenters. The molecule has 2 rings (SSSR count). The SMILES string of the molecule is CCOC(=O)C(CC)c1nc2ccccc2n1CC. The molecule has 0 aliphatic rings. The highest BCUT2D eigenvalue weighted by Crippen LogP contribution is 2.25. The third-order valence-electron chi connectivity index (χ3n) is 3.29. The summed E-state index contributed by atoms with van der Waals surface area (Å²) in [6.07, 6.45) is 0.697. The standard InChI is InChI=1S/C15H20N2O2/c1-4-11(15(18)19-6-3)14-16-12-9-7-8-10-13(12)17(14)5-2/h7-11H,4-6H2,1-3H3.